The summed E-state index contributed by atoms with van der Waals surface area (Å²) in [6, 6.07) is 3.78. The molecule has 1 aromatic heterocycles. The maximum atomic E-state index is 13.9. The molecule has 5 rings (SSSR count). The lowest BCUT2D eigenvalue weighted by molar-refractivity contribution is -0.153. The van der Waals surface area contributed by atoms with Gasteiger partial charge in [0.2, 0.25) is 5.78 Å². The average Bonchev–Trinajstić information content (AvgIpc) is 3.28. The van der Waals surface area contributed by atoms with Crippen molar-refractivity contribution >= 4 is 23.2 Å². The number of furan rings is 1. The molecule has 206 valence electrons. The average molecular weight is 538 g/mol. The summed E-state index contributed by atoms with van der Waals surface area (Å²) in [6.45, 7) is 0.575. The second-order valence-corrected chi connectivity index (χ2v) is 11.0. The molecule has 0 aliphatic heterocycles. The number of aliphatic hydroxyl groups excluding tert-OH is 2. The van der Waals surface area contributed by atoms with Crippen LogP contribution in [-0.2, 0) is 27.3 Å². The van der Waals surface area contributed by atoms with Crippen molar-refractivity contribution in [1.82, 2.24) is 9.80 Å². The first-order valence-electron chi connectivity index (χ1n) is 12.5. The first-order valence-corrected chi connectivity index (χ1v) is 12.5. The molecule has 4 atom stereocenters. The molecule has 0 bridgehead atoms. The highest BCUT2D eigenvalue weighted by molar-refractivity contribution is 6.24. The zero-order valence-corrected chi connectivity index (χ0v) is 22.1. The number of aliphatic hydroxyl groups is 3. The molecule has 1 saturated carbocycles. The largest absolute Gasteiger partial charge is 0.508 e. The Balaban J connectivity index is 1.72. The number of phenols is 1. The van der Waals surface area contributed by atoms with Crippen LogP contribution in [0.2, 0.25) is 0 Å². The number of ketones is 2. The molecule has 11 heteroatoms. The predicted molar refractivity (Wildman–Crippen MR) is 139 cm³/mol. The number of carbonyl (C=O) groups is 3. The van der Waals surface area contributed by atoms with Crippen molar-refractivity contribution in [3.63, 3.8) is 0 Å². The summed E-state index contributed by atoms with van der Waals surface area (Å²) in [7, 11) is 6.96. The van der Waals surface area contributed by atoms with Gasteiger partial charge in [-0.25, -0.2) is 0 Å². The maximum absolute atomic E-state index is 13.9. The summed E-state index contributed by atoms with van der Waals surface area (Å²) in [6.07, 6.45) is 1.76. The second-order valence-electron chi connectivity index (χ2n) is 11.0. The third-order valence-corrected chi connectivity index (χ3v) is 8.08. The van der Waals surface area contributed by atoms with Crippen LogP contribution in [0.25, 0.3) is 17.1 Å². The van der Waals surface area contributed by atoms with Crippen LogP contribution in [0.15, 0.2) is 45.8 Å². The number of fused-ring (bicyclic) bond motifs is 3. The number of hydrogen-bond donors (Lipinski definition) is 5. The van der Waals surface area contributed by atoms with Gasteiger partial charge in [-0.3, -0.25) is 19.3 Å². The van der Waals surface area contributed by atoms with Gasteiger partial charge in [0.25, 0.3) is 5.91 Å². The summed E-state index contributed by atoms with van der Waals surface area (Å²) in [5, 5.41) is 44.8. The molecule has 1 fully saturated rings. The summed E-state index contributed by atoms with van der Waals surface area (Å²) >= 11 is 0. The van der Waals surface area contributed by atoms with E-state index in [0.717, 1.165) is 5.56 Å². The Kier molecular flexibility index (Phi) is 6.21. The lowest BCUT2D eigenvalue weighted by atomic mass is 9.57. The SMILES string of the molecule is CN(C)Cc1ccoc1-c1ccc(O)c2c1C[C@H]1C[C@H]3[C@@H](N(C)C)C(=O)C(C(N)=O)=C(O)[C@@]3(O)C(=O)C1=C2O. The number of nitrogens with two attached hydrogens (primary N) is 1. The highest BCUT2D eigenvalue weighted by Gasteiger charge is 2.64. The number of benzene rings is 1. The Hall–Kier alpha value is -3.93. The van der Waals surface area contributed by atoms with Gasteiger partial charge in [-0.05, 0) is 70.7 Å². The van der Waals surface area contributed by atoms with Crippen LogP contribution >= 0.6 is 0 Å². The minimum absolute atomic E-state index is 0.0174. The van der Waals surface area contributed by atoms with Crippen LogP contribution in [0.3, 0.4) is 0 Å². The molecule has 0 saturated heterocycles. The van der Waals surface area contributed by atoms with Crippen LogP contribution in [0.4, 0.5) is 0 Å². The van der Waals surface area contributed by atoms with E-state index < -0.39 is 58.0 Å². The lowest BCUT2D eigenvalue weighted by Crippen LogP contribution is -2.65. The lowest BCUT2D eigenvalue weighted by Gasteiger charge is -2.50. The Morgan fingerprint density at radius 3 is 2.44 bits per heavy atom. The van der Waals surface area contributed by atoms with Gasteiger partial charge < -0.3 is 35.5 Å². The predicted octanol–water partition coefficient (Wildman–Crippen LogP) is 1.29. The number of amides is 1. The molecule has 1 aromatic carbocycles. The third kappa shape index (κ3) is 3.72. The Morgan fingerprint density at radius 2 is 1.82 bits per heavy atom. The van der Waals surface area contributed by atoms with Crippen molar-refractivity contribution < 1.29 is 39.2 Å². The molecule has 6 N–H and O–H groups in total. The fourth-order valence-corrected chi connectivity index (χ4v) is 6.49. The molecule has 3 aliphatic rings. The molecule has 1 heterocycles. The van der Waals surface area contributed by atoms with Gasteiger partial charge in [-0.2, -0.15) is 0 Å². The highest BCUT2D eigenvalue weighted by atomic mass is 16.3. The number of Topliss-reactive ketones (excluding diaryl/α,β-unsaturated/α-hetero) is 2. The molecule has 2 aromatic rings. The number of primary amides is 1. The number of hydrogen-bond acceptors (Lipinski definition) is 10. The van der Waals surface area contributed by atoms with E-state index in [4.69, 9.17) is 10.2 Å². The molecule has 11 nitrogen and oxygen atoms in total. The summed E-state index contributed by atoms with van der Waals surface area (Å²) in [4.78, 5) is 42.7. The van der Waals surface area contributed by atoms with E-state index in [-0.39, 0.29) is 29.7 Å². The third-order valence-electron chi connectivity index (χ3n) is 8.08. The van der Waals surface area contributed by atoms with E-state index in [1.807, 2.05) is 25.1 Å². The Labute approximate surface area is 224 Å². The van der Waals surface area contributed by atoms with E-state index >= 15 is 0 Å². The fourth-order valence-electron chi connectivity index (χ4n) is 6.49. The molecule has 3 aliphatic carbocycles. The van der Waals surface area contributed by atoms with Crippen LogP contribution in [0.1, 0.15) is 23.1 Å². The quantitative estimate of drug-likeness (QED) is 0.349. The van der Waals surface area contributed by atoms with E-state index in [9.17, 15) is 34.8 Å². The van der Waals surface area contributed by atoms with E-state index in [0.29, 0.717) is 23.4 Å². The van der Waals surface area contributed by atoms with Crippen LogP contribution in [0.5, 0.6) is 5.75 Å². The summed E-state index contributed by atoms with van der Waals surface area (Å²) in [5.74, 6) is -6.27. The van der Waals surface area contributed by atoms with Crippen LogP contribution in [0, 0.1) is 11.8 Å². The zero-order chi connectivity index (χ0) is 28.5. The number of carbonyl (C=O) groups excluding carboxylic acids is 3. The monoisotopic (exact) mass is 537 g/mol. The smallest absolute Gasteiger partial charge is 0.255 e. The van der Waals surface area contributed by atoms with Crippen molar-refractivity contribution in [3.05, 3.63) is 58.1 Å². The first-order chi connectivity index (χ1) is 18.3. The number of likely N-dealkylation sites (N-methyl/N-ethyl adjacent to an activating group) is 1. The van der Waals surface area contributed by atoms with Crippen LogP contribution < -0.4 is 5.73 Å². The fraction of sp³-hybridized carbons (Fsp3) is 0.393. The Morgan fingerprint density at radius 1 is 1.13 bits per heavy atom. The first kappa shape index (κ1) is 26.7. The van der Waals surface area contributed by atoms with E-state index in [1.54, 1.807) is 26.4 Å². The maximum Gasteiger partial charge on any atom is 0.255 e. The molecular formula is C28H31N3O8. The van der Waals surface area contributed by atoms with Crippen molar-refractivity contribution in [3.8, 4) is 17.1 Å². The van der Waals surface area contributed by atoms with Gasteiger partial charge in [0, 0.05) is 29.2 Å². The van der Waals surface area contributed by atoms with Gasteiger partial charge in [0.1, 0.15) is 28.6 Å². The summed E-state index contributed by atoms with van der Waals surface area (Å²) < 4.78 is 5.82. The van der Waals surface area contributed by atoms with E-state index in [1.165, 1.54) is 11.0 Å². The molecule has 0 unspecified atom stereocenters. The molecule has 1 amide bonds. The normalized spacial score (nSPS) is 26.7. The van der Waals surface area contributed by atoms with Gasteiger partial charge in [0.05, 0.1) is 17.9 Å². The standard InChI is InChI=1S/C28H31N3O8/c1-30(2)11-12-7-8-39-24(12)14-5-6-17(32)19-15(14)9-13-10-16-21(31(3)4)23(34)20(27(29)37)26(36)28(16,38)25(35)18(13)22(19)33/h5-8,13,16,21,32-33,36,38H,9-11H2,1-4H3,(H2,29,37)/t13-,16-,21+,28-/m0/s1. The van der Waals surface area contributed by atoms with Gasteiger partial charge in [0.15, 0.2) is 11.4 Å². The Bertz CT molecular complexity index is 1480. The van der Waals surface area contributed by atoms with Crippen molar-refractivity contribution in [2.45, 2.75) is 31.0 Å². The van der Waals surface area contributed by atoms with Gasteiger partial charge in [-0.15, -0.1) is 0 Å². The highest BCUT2D eigenvalue weighted by Crippen LogP contribution is 2.53. The van der Waals surface area contributed by atoms with Crippen molar-refractivity contribution in [2.24, 2.45) is 17.6 Å². The number of aromatic hydroxyl groups is 1. The molecule has 39 heavy (non-hydrogen) atoms. The van der Waals surface area contributed by atoms with Gasteiger partial charge in [-0.1, -0.05) is 0 Å². The van der Waals surface area contributed by atoms with Gasteiger partial charge >= 0.3 is 0 Å². The molecule has 0 radical (unpaired) electrons. The number of rotatable bonds is 5. The molecular weight excluding hydrogens is 506 g/mol. The minimum Gasteiger partial charge on any atom is -0.508 e. The topological polar surface area (TPSA) is 178 Å². The van der Waals surface area contributed by atoms with Crippen molar-refractivity contribution in [2.75, 3.05) is 28.2 Å². The summed E-state index contributed by atoms with van der Waals surface area (Å²) in [5.41, 5.74) is 3.75. The minimum atomic E-state index is -2.67. The van der Waals surface area contributed by atoms with Crippen molar-refractivity contribution in [1.29, 1.82) is 0 Å². The number of phenolic OH excluding ortho intramolecular Hbond substituents is 1. The van der Waals surface area contributed by atoms with E-state index in [2.05, 4.69) is 0 Å². The number of nitrogens with zero attached hydrogens (tertiary/aromatic N) is 2. The zero-order valence-electron chi connectivity index (χ0n) is 22.1. The second kappa shape index (κ2) is 9.08. The molecule has 0 spiro atoms. The van der Waals surface area contributed by atoms with Crippen LogP contribution in [-0.4, -0.2) is 87.5 Å².